The molecule has 4 heterocycles. The van der Waals surface area contributed by atoms with E-state index >= 15 is 0 Å². The van der Waals surface area contributed by atoms with E-state index in [2.05, 4.69) is 10.3 Å². The number of hydrogen-bond donors (Lipinski definition) is 1. The first-order valence-electron chi connectivity index (χ1n) is 12.2. The van der Waals surface area contributed by atoms with Gasteiger partial charge < -0.3 is 10.2 Å². The SMILES string of the molecule is CC(C)(C)C(=O)[C@H]1[C@H](C(=O)c2ccccn2)[C@]2(C(=O)Nc3ccccc32)[C@H]2c3ccccc3C=CN12. The van der Waals surface area contributed by atoms with Gasteiger partial charge in [0, 0.05) is 23.5 Å². The first-order chi connectivity index (χ1) is 17.3. The number of ketones is 2. The van der Waals surface area contributed by atoms with Crippen molar-refractivity contribution in [3.63, 3.8) is 0 Å². The van der Waals surface area contributed by atoms with Gasteiger partial charge in [-0.15, -0.1) is 0 Å². The normalized spacial score (nSPS) is 25.8. The summed E-state index contributed by atoms with van der Waals surface area (Å²) in [5.41, 5.74) is 1.53. The van der Waals surface area contributed by atoms with Crippen LogP contribution in [0.5, 0.6) is 0 Å². The third kappa shape index (κ3) is 2.90. The lowest BCUT2D eigenvalue weighted by Crippen LogP contribution is -2.50. The molecule has 6 heteroatoms. The van der Waals surface area contributed by atoms with Gasteiger partial charge in [-0.05, 0) is 41.0 Å². The molecule has 2 aromatic carbocycles. The van der Waals surface area contributed by atoms with E-state index in [1.807, 2.05) is 86.5 Å². The van der Waals surface area contributed by atoms with Gasteiger partial charge in [0.2, 0.25) is 5.91 Å². The molecule has 1 amide bonds. The predicted molar refractivity (Wildman–Crippen MR) is 137 cm³/mol. The van der Waals surface area contributed by atoms with E-state index in [-0.39, 0.29) is 23.2 Å². The first-order valence-corrected chi connectivity index (χ1v) is 12.2. The van der Waals surface area contributed by atoms with E-state index in [9.17, 15) is 14.4 Å². The van der Waals surface area contributed by atoms with Crippen molar-refractivity contribution in [3.8, 4) is 0 Å². The Morgan fingerprint density at radius 1 is 0.972 bits per heavy atom. The van der Waals surface area contributed by atoms with Crippen LogP contribution in [0.15, 0.2) is 79.1 Å². The highest BCUT2D eigenvalue weighted by molar-refractivity contribution is 6.15. The smallest absolute Gasteiger partial charge is 0.238 e. The number of para-hydroxylation sites is 1. The number of rotatable bonds is 3. The molecular formula is C30H27N3O3. The highest BCUT2D eigenvalue weighted by Gasteiger charge is 2.71. The molecule has 3 aliphatic heterocycles. The monoisotopic (exact) mass is 477 g/mol. The standard InChI is InChI=1S/C30H27N3O3/c1-29(2,3)27(35)24-23(25(34)22-14-8-9-16-31-22)30(20-12-6-7-13-21(20)32-28(30)36)26-19-11-5-4-10-18(19)15-17-33(24)26/h4-17,23-24,26H,1-3H3,(H,32,36)/t23-,24-,26-,30+/m1/s1. The minimum Gasteiger partial charge on any atom is -0.358 e. The van der Waals surface area contributed by atoms with E-state index in [0.717, 1.165) is 16.7 Å². The molecule has 1 N–H and O–H groups in total. The molecular weight excluding hydrogens is 450 g/mol. The average molecular weight is 478 g/mol. The van der Waals surface area contributed by atoms with Gasteiger partial charge in [-0.2, -0.15) is 0 Å². The van der Waals surface area contributed by atoms with E-state index in [4.69, 9.17) is 0 Å². The molecule has 0 unspecified atom stereocenters. The molecule has 4 atom stereocenters. The van der Waals surface area contributed by atoms with Gasteiger partial charge in [-0.1, -0.05) is 69.3 Å². The van der Waals surface area contributed by atoms with Crippen LogP contribution in [0, 0.1) is 11.3 Å². The summed E-state index contributed by atoms with van der Waals surface area (Å²) in [5.74, 6) is -1.61. The number of aromatic nitrogens is 1. The fraction of sp³-hybridized carbons (Fsp3) is 0.267. The molecule has 0 aliphatic carbocycles. The summed E-state index contributed by atoms with van der Waals surface area (Å²) in [6.45, 7) is 5.59. The largest absolute Gasteiger partial charge is 0.358 e. The molecule has 1 spiro atoms. The van der Waals surface area contributed by atoms with Crippen LogP contribution in [0.2, 0.25) is 0 Å². The first kappa shape index (κ1) is 22.4. The summed E-state index contributed by atoms with van der Waals surface area (Å²) in [5, 5.41) is 3.05. The van der Waals surface area contributed by atoms with E-state index in [1.54, 1.807) is 24.4 Å². The minimum absolute atomic E-state index is 0.0835. The average Bonchev–Trinajstić information content (AvgIpc) is 3.35. The molecule has 3 aliphatic rings. The molecule has 6 rings (SSSR count). The summed E-state index contributed by atoms with van der Waals surface area (Å²) in [4.78, 5) is 49.1. The number of carbonyl (C=O) groups is 3. The number of pyridine rings is 1. The third-order valence-electron chi connectivity index (χ3n) is 7.78. The number of anilines is 1. The van der Waals surface area contributed by atoms with Crippen LogP contribution >= 0.6 is 0 Å². The van der Waals surface area contributed by atoms with Gasteiger partial charge >= 0.3 is 0 Å². The lowest BCUT2D eigenvalue weighted by atomic mass is 9.62. The Hall–Kier alpha value is -4.06. The van der Waals surface area contributed by atoms with Crippen molar-refractivity contribution in [2.45, 2.75) is 38.3 Å². The minimum atomic E-state index is -1.31. The number of fused-ring (bicyclic) bond motifs is 6. The molecule has 1 aromatic heterocycles. The Labute approximate surface area is 210 Å². The molecule has 0 saturated carbocycles. The summed E-state index contributed by atoms with van der Waals surface area (Å²) in [6.07, 6.45) is 5.43. The van der Waals surface area contributed by atoms with Crippen molar-refractivity contribution < 1.29 is 14.4 Å². The molecule has 1 fully saturated rings. The van der Waals surface area contributed by atoms with E-state index in [0.29, 0.717) is 5.69 Å². The zero-order valence-corrected chi connectivity index (χ0v) is 20.4. The Bertz CT molecular complexity index is 1440. The van der Waals surface area contributed by atoms with Crippen LogP contribution in [0.3, 0.4) is 0 Å². The Morgan fingerprint density at radius 3 is 2.44 bits per heavy atom. The van der Waals surface area contributed by atoms with Crippen molar-refractivity contribution in [1.82, 2.24) is 9.88 Å². The highest BCUT2D eigenvalue weighted by atomic mass is 16.2. The second kappa shape index (κ2) is 7.72. The van der Waals surface area contributed by atoms with Gasteiger partial charge in [-0.25, -0.2) is 0 Å². The van der Waals surface area contributed by atoms with Crippen molar-refractivity contribution in [1.29, 1.82) is 0 Å². The maximum Gasteiger partial charge on any atom is 0.238 e. The number of amides is 1. The lowest BCUT2D eigenvalue weighted by molar-refractivity contribution is -0.131. The second-order valence-electron chi connectivity index (χ2n) is 10.8. The van der Waals surface area contributed by atoms with Gasteiger partial charge in [0.1, 0.15) is 11.1 Å². The molecule has 3 aromatic rings. The summed E-state index contributed by atoms with van der Waals surface area (Å²) < 4.78 is 0. The number of nitrogens with zero attached hydrogens (tertiary/aromatic N) is 2. The molecule has 6 nitrogen and oxygen atoms in total. The van der Waals surface area contributed by atoms with Crippen molar-refractivity contribution >= 4 is 29.2 Å². The van der Waals surface area contributed by atoms with Gasteiger partial charge in [-0.3, -0.25) is 19.4 Å². The topological polar surface area (TPSA) is 79.4 Å². The molecule has 0 radical (unpaired) electrons. The summed E-state index contributed by atoms with van der Waals surface area (Å²) in [7, 11) is 0. The van der Waals surface area contributed by atoms with Crippen LogP contribution in [0.25, 0.3) is 6.08 Å². The molecule has 1 saturated heterocycles. The predicted octanol–water partition coefficient (Wildman–Crippen LogP) is 4.80. The van der Waals surface area contributed by atoms with E-state index in [1.165, 1.54) is 0 Å². The Balaban J connectivity index is 1.70. The molecule has 36 heavy (non-hydrogen) atoms. The Morgan fingerprint density at radius 2 is 1.69 bits per heavy atom. The van der Waals surface area contributed by atoms with Gasteiger partial charge in [0.15, 0.2) is 11.6 Å². The van der Waals surface area contributed by atoms with Crippen molar-refractivity contribution in [2.24, 2.45) is 11.3 Å². The fourth-order valence-electron chi connectivity index (χ4n) is 6.28. The summed E-state index contributed by atoms with van der Waals surface area (Å²) >= 11 is 0. The zero-order valence-electron chi connectivity index (χ0n) is 20.4. The molecule has 0 bridgehead atoms. The zero-order chi connectivity index (χ0) is 25.2. The van der Waals surface area contributed by atoms with Crippen LogP contribution < -0.4 is 5.32 Å². The van der Waals surface area contributed by atoms with Crippen LogP contribution in [-0.2, 0) is 15.0 Å². The number of hydrogen-bond acceptors (Lipinski definition) is 5. The quantitative estimate of drug-likeness (QED) is 0.549. The Kier molecular flexibility index (Phi) is 4.80. The highest BCUT2D eigenvalue weighted by Crippen LogP contribution is 2.62. The van der Waals surface area contributed by atoms with E-state index < -0.39 is 28.8 Å². The van der Waals surface area contributed by atoms with Crippen molar-refractivity contribution in [3.05, 3.63) is 102 Å². The number of nitrogens with one attached hydrogen (secondary N) is 1. The third-order valence-corrected chi connectivity index (χ3v) is 7.78. The van der Waals surface area contributed by atoms with Crippen molar-refractivity contribution in [2.75, 3.05) is 5.32 Å². The van der Waals surface area contributed by atoms with Crippen LogP contribution in [0.4, 0.5) is 5.69 Å². The van der Waals surface area contributed by atoms with Crippen LogP contribution in [-0.4, -0.2) is 33.4 Å². The second-order valence-corrected chi connectivity index (χ2v) is 10.8. The summed E-state index contributed by atoms with van der Waals surface area (Å²) in [6, 6.07) is 19.2. The number of Topliss-reactive ketones (excluding diaryl/α,β-unsaturated/α-hetero) is 2. The maximum atomic E-state index is 14.4. The molecule has 180 valence electrons. The van der Waals surface area contributed by atoms with Crippen LogP contribution in [0.1, 0.15) is 54.0 Å². The fourth-order valence-corrected chi connectivity index (χ4v) is 6.28. The number of benzene rings is 2. The van der Waals surface area contributed by atoms with Gasteiger partial charge in [0.05, 0.1) is 18.0 Å². The number of carbonyl (C=O) groups excluding carboxylic acids is 3. The maximum absolute atomic E-state index is 14.4. The lowest BCUT2D eigenvalue weighted by Gasteiger charge is -2.38. The van der Waals surface area contributed by atoms with Gasteiger partial charge in [0.25, 0.3) is 0 Å².